The zero-order chi connectivity index (χ0) is 11.4. The topological polar surface area (TPSA) is 80.4 Å². The van der Waals surface area contributed by atoms with Gasteiger partial charge in [0.15, 0.2) is 0 Å². The number of benzene rings is 1. The second kappa shape index (κ2) is 4.47. The molecule has 15 heavy (non-hydrogen) atoms. The van der Waals surface area contributed by atoms with E-state index in [1.54, 1.807) is 6.07 Å². The summed E-state index contributed by atoms with van der Waals surface area (Å²) in [5.74, 6) is 0. The maximum atomic E-state index is 10.6. The van der Waals surface area contributed by atoms with Gasteiger partial charge < -0.3 is 5.11 Å². The fraction of sp³-hybridized carbons (Fsp3) is 0.100. The SMILES string of the molecule is C=C(C=O)C(O)c1ccccc1[N+](=O)[O-]. The molecule has 1 rings (SSSR count). The Hall–Kier alpha value is -2.01. The van der Waals surface area contributed by atoms with Crippen LogP contribution in [0.15, 0.2) is 36.4 Å². The maximum absolute atomic E-state index is 10.6. The summed E-state index contributed by atoms with van der Waals surface area (Å²) >= 11 is 0. The van der Waals surface area contributed by atoms with Gasteiger partial charge in [-0.2, -0.15) is 0 Å². The van der Waals surface area contributed by atoms with Crippen molar-refractivity contribution >= 4 is 12.0 Å². The number of aliphatic hydroxyl groups is 1. The van der Waals surface area contributed by atoms with Crippen LogP contribution < -0.4 is 0 Å². The molecule has 0 amide bonds. The highest BCUT2D eigenvalue weighted by molar-refractivity contribution is 5.74. The number of hydrogen-bond acceptors (Lipinski definition) is 4. The van der Waals surface area contributed by atoms with Crippen LogP contribution in [-0.4, -0.2) is 16.3 Å². The van der Waals surface area contributed by atoms with Crippen molar-refractivity contribution in [1.82, 2.24) is 0 Å². The molecule has 0 bridgehead atoms. The molecule has 0 aliphatic heterocycles. The van der Waals surface area contributed by atoms with Crippen molar-refractivity contribution < 1.29 is 14.8 Å². The van der Waals surface area contributed by atoms with Gasteiger partial charge in [0.25, 0.3) is 5.69 Å². The lowest BCUT2D eigenvalue weighted by atomic mass is 10.0. The third-order valence-electron chi connectivity index (χ3n) is 1.93. The van der Waals surface area contributed by atoms with Crippen molar-refractivity contribution in [3.63, 3.8) is 0 Å². The van der Waals surface area contributed by atoms with Gasteiger partial charge in [0, 0.05) is 11.6 Å². The number of carbonyl (C=O) groups excluding carboxylic acids is 1. The monoisotopic (exact) mass is 207 g/mol. The number of para-hydroxylation sites is 1. The van der Waals surface area contributed by atoms with Crippen molar-refractivity contribution in [3.05, 3.63) is 52.1 Å². The van der Waals surface area contributed by atoms with Gasteiger partial charge in [-0.15, -0.1) is 0 Å². The number of carbonyl (C=O) groups is 1. The number of nitrogens with zero attached hydrogens (tertiary/aromatic N) is 1. The Morgan fingerprint density at radius 3 is 2.67 bits per heavy atom. The Balaban J connectivity index is 3.18. The Bertz CT molecular complexity index is 414. The molecule has 0 aliphatic rings. The highest BCUT2D eigenvalue weighted by atomic mass is 16.6. The van der Waals surface area contributed by atoms with E-state index in [1.165, 1.54) is 18.2 Å². The minimum atomic E-state index is -1.33. The summed E-state index contributed by atoms with van der Waals surface area (Å²) in [4.78, 5) is 20.4. The molecule has 1 atom stereocenters. The van der Waals surface area contributed by atoms with Crippen molar-refractivity contribution in [2.75, 3.05) is 0 Å². The first-order chi connectivity index (χ1) is 7.07. The molecule has 0 aliphatic carbocycles. The number of hydrogen-bond donors (Lipinski definition) is 1. The first-order valence-electron chi connectivity index (χ1n) is 4.13. The standard InChI is InChI=1S/C10H9NO4/c1-7(6-12)10(13)8-4-2-3-5-9(8)11(14)15/h2-6,10,13H,1H2. The lowest BCUT2D eigenvalue weighted by Crippen LogP contribution is -2.05. The molecule has 5 nitrogen and oxygen atoms in total. The van der Waals surface area contributed by atoms with Crippen molar-refractivity contribution in [3.8, 4) is 0 Å². The molecule has 0 saturated carbocycles. The first-order valence-corrected chi connectivity index (χ1v) is 4.13. The fourth-order valence-corrected chi connectivity index (χ4v) is 1.15. The van der Waals surface area contributed by atoms with E-state index in [4.69, 9.17) is 0 Å². The molecule has 1 aromatic rings. The van der Waals surface area contributed by atoms with Crippen molar-refractivity contribution in [1.29, 1.82) is 0 Å². The highest BCUT2D eigenvalue weighted by Gasteiger charge is 2.21. The zero-order valence-electron chi connectivity index (χ0n) is 7.79. The van der Waals surface area contributed by atoms with Gasteiger partial charge in [-0.25, -0.2) is 0 Å². The number of nitro groups is 1. The third-order valence-corrected chi connectivity index (χ3v) is 1.93. The van der Waals surface area contributed by atoms with Crippen LogP contribution in [0.3, 0.4) is 0 Å². The summed E-state index contributed by atoms with van der Waals surface area (Å²) in [5, 5.41) is 20.2. The second-order valence-corrected chi connectivity index (χ2v) is 2.91. The van der Waals surface area contributed by atoms with Crippen molar-refractivity contribution in [2.24, 2.45) is 0 Å². The van der Waals surface area contributed by atoms with E-state index in [-0.39, 0.29) is 16.8 Å². The minimum Gasteiger partial charge on any atom is -0.383 e. The summed E-state index contributed by atoms with van der Waals surface area (Å²) in [6, 6.07) is 5.68. The Kier molecular flexibility index (Phi) is 3.30. The summed E-state index contributed by atoms with van der Waals surface area (Å²) in [5.41, 5.74) is -0.267. The molecule has 0 radical (unpaired) electrons. The Morgan fingerprint density at radius 1 is 1.53 bits per heavy atom. The predicted molar refractivity (Wildman–Crippen MR) is 53.3 cm³/mol. The zero-order valence-corrected chi connectivity index (χ0v) is 7.79. The van der Waals surface area contributed by atoms with Crippen LogP contribution in [0, 0.1) is 10.1 Å². The maximum Gasteiger partial charge on any atom is 0.275 e. The highest BCUT2D eigenvalue weighted by Crippen LogP contribution is 2.27. The molecule has 1 N–H and O–H groups in total. The molecular weight excluding hydrogens is 198 g/mol. The largest absolute Gasteiger partial charge is 0.383 e. The van der Waals surface area contributed by atoms with E-state index >= 15 is 0 Å². The minimum absolute atomic E-state index is 0.0691. The van der Waals surface area contributed by atoms with Gasteiger partial charge in [-0.3, -0.25) is 14.9 Å². The Morgan fingerprint density at radius 2 is 2.13 bits per heavy atom. The van der Waals surface area contributed by atoms with E-state index in [1.807, 2.05) is 0 Å². The average Bonchev–Trinajstić information content (AvgIpc) is 2.27. The lowest BCUT2D eigenvalue weighted by Gasteiger charge is -2.09. The van der Waals surface area contributed by atoms with Gasteiger partial charge >= 0.3 is 0 Å². The van der Waals surface area contributed by atoms with Gasteiger partial charge in [0.05, 0.1) is 10.5 Å². The lowest BCUT2D eigenvalue weighted by molar-refractivity contribution is -0.386. The van der Waals surface area contributed by atoms with Crippen LogP contribution in [0.4, 0.5) is 5.69 Å². The molecule has 0 spiro atoms. The molecule has 1 aromatic carbocycles. The number of aliphatic hydroxyl groups excluding tert-OH is 1. The number of rotatable bonds is 4. The van der Waals surface area contributed by atoms with Crippen molar-refractivity contribution in [2.45, 2.75) is 6.10 Å². The van der Waals surface area contributed by atoms with Crippen LogP contribution in [0.2, 0.25) is 0 Å². The molecule has 1 unspecified atom stereocenters. The summed E-state index contributed by atoms with van der Waals surface area (Å²) in [7, 11) is 0. The van der Waals surface area contributed by atoms with E-state index < -0.39 is 11.0 Å². The van der Waals surface area contributed by atoms with Crippen LogP contribution in [-0.2, 0) is 4.79 Å². The Labute approximate surface area is 85.8 Å². The number of nitro benzene ring substituents is 1. The quantitative estimate of drug-likeness (QED) is 0.350. The first kappa shape index (κ1) is 11.1. The third kappa shape index (κ3) is 2.26. The molecule has 0 fully saturated rings. The smallest absolute Gasteiger partial charge is 0.275 e. The molecule has 0 heterocycles. The van der Waals surface area contributed by atoms with E-state index in [0.717, 1.165) is 0 Å². The van der Waals surface area contributed by atoms with E-state index in [9.17, 15) is 20.0 Å². The second-order valence-electron chi connectivity index (χ2n) is 2.91. The molecular formula is C10H9NO4. The number of aldehydes is 1. The van der Waals surface area contributed by atoms with Crippen LogP contribution in [0.25, 0.3) is 0 Å². The van der Waals surface area contributed by atoms with E-state index in [2.05, 4.69) is 6.58 Å². The van der Waals surface area contributed by atoms with Gasteiger partial charge in [0.1, 0.15) is 12.4 Å². The van der Waals surface area contributed by atoms with Crippen LogP contribution >= 0.6 is 0 Å². The molecule has 5 heteroatoms. The van der Waals surface area contributed by atoms with Crippen LogP contribution in [0.1, 0.15) is 11.7 Å². The molecule has 0 aromatic heterocycles. The summed E-state index contributed by atoms with van der Waals surface area (Å²) in [6.07, 6.45) is -0.953. The van der Waals surface area contributed by atoms with E-state index in [0.29, 0.717) is 6.29 Å². The van der Waals surface area contributed by atoms with Crippen LogP contribution in [0.5, 0.6) is 0 Å². The summed E-state index contributed by atoms with van der Waals surface area (Å²) in [6.45, 7) is 3.31. The molecule has 0 saturated heterocycles. The predicted octanol–water partition coefficient (Wildman–Crippen LogP) is 1.38. The van der Waals surface area contributed by atoms with Gasteiger partial charge in [0.2, 0.25) is 0 Å². The normalized spacial score (nSPS) is 11.8. The summed E-state index contributed by atoms with van der Waals surface area (Å²) < 4.78 is 0. The average molecular weight is 207 g/mol. The van der Waals surface area contributed by atoms with Gasteiger partial charge in [-0.05, 0) is 6.07 Å². The van der Waals surface area contributed by atoms with Gasteiger partial charge in [-0.1, -0.05) is 18.7 Å². The fourth-order valence-electron chi connectivity index (χ4n) is 1.15. The molecule has 78 valence electrons.